The number of hydrogen-bond acceptors (Lipinski definition) is 3. The number of hydrogen-bond donors (Lipinski definition) is 1. The van der Waals surface area contributed by atoms with Gasteiger partial charge in [0.25, 0.3) is 0 Å². The molecule has 1 atom stereocenters. The predicted octanol–water partition coefficient (Wildman–Crippen LogP) is 3.23. The first kappa shape index (κ1) is 13.4. The smallest absolute Gasteiger partial charge is 0.124 e. The minimum absolute atomic E-state index is 0.0289. The highest BCUT2D eigenvalue weighted by Crippen LogP contribution is 2.23. The van der Waals surface area contributed by atoms with Gasteiger partial charge in [0.05, 0.1) is 6.61 Å². The Morgan fingerprint density at radius 1 is 1.38 bits per heavy atom. The van der Waals surface area contributed by atoms with E-state index in [1.807, 2.05) is 43.0 Å². The van der Waals surface area contributed by atoms with Gasteiger partial charge in [0.15, 0.2) is 0 Å². The quantitative estimate of drug-likeness (QED) is 0.742. The second kappa shape index (κ2) is 7.58. The summed E-state index contributed by atoms with van der Waals surface area (Å²) in [5.74, 6) is 3.27. The van der Waals surface area contributed by atoms with E-state index < -0.39 is 0 Å². The average molecular weight is 239 g/mol. The van der Waals surface area contributed by atoms with Crippen LogP contribution in [0.3, 0.4) is 0 Å². The van der Waals surface area contributed by atoms with E-state index in [1.165, 1.54) is 5.75 Å². The lowest BCUT2D eigenvalue weighted by Crippen LogP contribution is -2.08. The van der Waals surface area contributed by atoms with Crippen LogP contribution in [-0.4, -0.2) is 18.1 Å². The first-order chi connectivity index (χ1) is 7.75. The fourth-order valence-corrected chi connectivity index (χ4v) is 2.09. The Morgan fingerprint density at radius 2 is 2.12 bits per heavy atom. The Hall–Kier alpha value is -0.670. The maximum Gasteiger partial charge on any atom is 0.124 e. The SMILES string of the molecule is CCSCCCOc1ccccc1[C@@H](C)N. The molecule has 0 heterocycles. The van der Waals surface area contributed by atoms with Crippen molar-refractivity contribution in [3.8, 4) is 5.75 Å². The summed E-state index contributed by atoms with van der Waals surface area (Å²) in [6.07, 6.45) is 1.09. The van der Waals surface area contributed by atoms with Crippen molar-refractivity contribution >= 4 is 11.8 Å². The van der Waals surface area contributed by atoms with E-state index in [9.17, 15) is 0 Å². The van der Waals surface area contributed by atoms with E-state index in [0.29, 0.717) is 0 Å². The van der Waals surface area contributed by atoms with Crippen LogP contribution in [0.2, 0.25) is 0 Å². The summed E-state index contributed by atoms with van der Waals surface area (Å²) >= 11 is 1.95. The lowest BCUT2D eigenvalue weighted by Gasteiger charge is -2.13. The van der Waals surface area contributed by atoms with E-state index in [1.54, 1.807) is 0 Å². The molecule has 1 rings (SSSR count). The van der Waals surface area contributed by atoms with Crippen LogP contribution in [0.25, 0.3) is 0 Å². The maximum atomic E-state index is 5.88. The molecule has 0 aliphatic rings. The first-order valence-corrected chi connectivity index (χ1v) is 6.96. The van der Waals surface area contributed by atoms with Gasteiger partial charge in [-0.3, -0.25) is 0 Å². The van der Waals surface area contributed by atoms with E-state index in [0.717, 1.165) is 30.1 Å². The van der Waals surface area contributed by atoms with Gasteiger partial charge in [-0.1, -0.05) is 25.1 Å². The molecule has 0 spiro atoms. The molecule has 0 aliphatic carbocycles. The van der Waals surface area contributed by atoms with Crippen molar-refractivity contribution in [2.75, 3.05) is 18.1 Å². The Bertz CT molecular complexity index is 302. The zero-order chi connectivity index (χ0) is 11.8. The van der Waals surface area contributed by atoms with Crippen LogP contribution in [0.4, 0.5) is 0 Å². The number of nitrogens with two attached hydrogens (primary N) is 1. The molecule has 3 heteroatoms. The molecule has 0 amide bonds. The number of benzene rings is 1. The molecule has 90 valence electrons. The summed E-state index contributed by atoms with van der Waals surface area (Å²) in [6, 6.07) is 8.04. The molecule has 0 unspecified atom stereocenters. The van der Waals surface area contributed by atoms with Gasteiger partial charge in [-0.25, -0.2) is 0 Å². The summed E-state index contributed by atoms with van der Waals surface area (Å²) in [5.41, 5.74) is 6.97. The van der Waals surface area contributed by atoms with Gasteiger partial charge in [0.1, 0.15) is 5.75 Å². The second-order valence-corrected chi connectivity index (χ2v) is 5.12. The monoisotopic (exact) mass is 239 g/mol. The standard InChI is InChI=1S/C13H21NOS/c1-3-16-10-6-9-15-13-8-5-4-7-12(13)11(2)14/h4-5,7-8,11H,3,6,9-10,14H2,1-2H3/t11-/m1/s1. The molecule has 1 aromatic carbocycles. The van der Waals surface area contributed by atoms with Gasteiger partial charge in [0.2, 0.25) is 0 Å². The molecule has 0 fully saturated rings. The predicted molar refractivity (Wildman–Crippen MR) is 72.2 cm³/mol. The molecule has 0 aromatic heterocycles. The molecule has 0 bridgehead atoms. The molecule has 2 nitrogen and oxygen atoms in total. The van der Waals surface area contributed by atoms with Gasteiger partial charge in [-0.15, -0.1) is 0 Å². The third-order valence-corrected chi connectivity index (χ3v) is 3.29. The summed E-state index contributed by atoms with van der Waals surface area (Å²) in [5, 5.41) is 0. The van der Waals surface area contributed by atoms with Crippen LogP contribution in [0.5, 0.6) is 5.75 Å². The van der Waals surface area contributed by atoms with Gasteiger partial charge in [0, 0.05) is 11.6 Å². The van der Waals surface area contributed by atoms with E-state index >= 15 is 0 Å². The summed E-state index contributed by atoms with van der Waals surface area (Å²) < 4.78 is 5.75. The van der Waals surface area contributed by atoms with Crippen molar-refractivity contribution in [1.29, 1.82) is 0 Å². The second-order valence-electron chi connectivity index (χ2n) is 3.73. The van der Waals surface area contributed by atoms with Crippen LogP contribution in [0.15, 0.2) is 24.3 Å². The fraction of sp³-hybridized carbons (Fsp3) is 0.538. The Kier molecular flexibility index (Phi) is 6.34. The van der Waals surface area contributed by atoms with Crippen LogP contribution < -0.4 is 10.5 Å². The molecule has 0 radical (unpaired) electrons. The minimum Gasteiger partial charge on any atom is -0.493 e. The highest BCUT2D eigenvalue weighted by atomic mass is 32.2. The molecular formula is C13H21NOS. The third kappa shape index (κ3) is 4.45. The molecule has 0 aliphatic heterocycles. The van der Waals surface area contributed by atoms with Crippen molar-refractivity contribution in [3.63, 3.8) is 0 Å². The summed E-state index contributed by atoms with van der Waals surface area (Å²) in [7, 11) is 0. The van der Waals surface area contributed by atoms with Crippen molar-refractivity contribution in [2.45, 2.75) is 26.3 Å². The largest absolute Gasteiger partial charge is 0.493 e. The molecular weight excluding hydrogens is 218 g/mol. The fourth-order valence-electron chi connectivity index (χ4n) is 1.48. The molecule has 16 heavy (non-hydrogen) atoms. The Balaban J connectivity index is 2.41. The minimum atomic E-state index is 0.0289. The van der Waals surface area contributed by atoms with E-state index in [4.69, 9.17) is 10.5 Å². The van der Waals surface area contributed by atoms with Crippen LogP contribution >= 0.6 is 11.8 Å². The highest BCUT2D eigenvalue weighted by Gasteiger charge is 2.06. The van der Waals surface area contributed by atoms with Crippen LogP contribution in [-0.2, 0) is 0 Å². The maximum absolute atomic E-state index is 5.88. The number of ether oxygens (including phenoxy) is 1. The van der Waals surface area contributed by atoms with Crippen LogP contribution in [0.1, 0.15) is 31.9 Å². The van der Waals surface area contributed by atoms with E-state index in [-0.39, 0.29) is 6.04 Å². The Morgan fingerprint density at radius 3 is 2.81 bits per heavy atom. The molecule has 1 aromatic rings. The zero-order valence-corrected chi connectivity index (χ0v) is 10.9. The van der Waals surface area contributed by atoms with Gasteiger partial charge in [-0.2, -0.15) is 11.8 Å². The number of para-hydroxylation sites is 1. The van der Waals surface area contributed by atoms with Crippen molar-refractivity contribution < 1.29 is 4.74 Å². The van der Waals surface area contributed by atoms with Crippen molar-refractivity contribution in [3.05, 3.63) is 29.8 Å². The van der Waals surface area contributed by atoms with Crippen LogP contribution in [0, 0.1) is 0 Å². The highest BCUT2D eigenvalue weighted by molar-refractivity contribution is 7.99. The normalized spacial score (nSPS) is 12.4. The molecule has 0 saturated heterocycles. The lowest BCUT2D eigenvalue weighted by molar-refractivity contribution is 0.314. The van der Waals surface area contributed by atoms with Crippen molar-refractivity contribution in [2.24, 2.45) is 5.73 Å². The Labute approximate surface area is 103 Å². The topological polar surface area (TPSA) is 35.2 Å². The van der Waals surface area contributed by atoms with E-state index in [2.05, 4.69) is 6.92 Å². The van der Waals surface area contributed by atoms with Crippen molar-refractivity contribution in [1.82, 2.24) is 0 Å². The number of rotatable bonds is 7. The molecule has 2 N–H and O–H groups in total. The number of thioether (sulfide) groups is 1. The van der Waals surface area contributed by atoms with Gasteiger partial charge in [-0.05, 0) is 30.9 Å². The average Bonchev–Trinajstić information content (AvgIpc) is 2.29. The first-order valence-electron chi connectivity index (χ1n) is 5.80. The molecule has 0 saturated carbocycles. The summed E-state index contributed by atoms with van der Waals surface area (Å²) in [4.78, 5) is 0. The zero-order valence-electron chi connectivity index (χ0n) is 10.1. The summed E-state index contributed by atoms with van der Waals surface area (Å²) in [6.45, 7) is 4.93. The lowest BCUT2D eigenvalue weighted by atomic mass is 10.1. The third-order valence-electron chi connectivity index (χ3n) is 2.30. The van der Waals surface area contributed by atoms with Gasteiger partial charge < -0.3 is 10.5 Å². The van der Waals surface area contributed by atoms with Gasteiger partial charge >= 0.3 is 0 Å².